The monoisotopic (exact) mass is 425 g/mol. The molecule has 0 saturated carbocycles. The minimum Gasteiger partial charge on any atom is -0.383 e. The number of aliphatic hydroxyl groups is 1. The van der Waals surface area contributed by atoms with Crippen molar-refractivity contribution in [3.05, 3.63) is 51.8 Å². The molecule has 0 saturated heterocycles. The predicted molar refractivity (Wildman–Crippen MR) is 116 cm³/mol. The van der Waals surface area contributed by atoms with Crippen LogP contribution in [0, 0.1) is 0 Å². The molecule has 3 N–H and O–H groups in total. The number of aliphatic imine (C=N–C) groups is 1. The van der Waals surface area contributed by atoms with Gasteiger partial charge >= 0.3 is 0 Å². The van der Waals surface area contributed by atoms with Crippen LogP contribution in [-0.2, 0) is 18.1 Å². The zero-order chi connectivity index (χ0) is 20.9. The summed E-state index contributed by atoms with van der Waals surface area (Å²) >= 11 is 12.2. The lowest BCUT2D eigenvalue weighted by molar-refractivity contribution is 0.0616. The Kier molecular flexibility index (Phi) is 7.37. The highest BCUT2D eigenvalue weighted by Gasteiger charge is 2.26. The molecule has 0 spiro atoms. The highest BCUT2D eigenvalue weighted by atomic mass is 35.5. The minimum absolute atomic E-state index is 0.234. The molecule has 6 nitrogen and oxygen atoms in total. The Morgan fingerprint density at radius 2 is 1.89 bits per heavy atom. The Balaban J connectivity index is 2.09. The van der Waals surface area contributed by atoms with Crippen molar-refractivity contribution in [3.8, 4) is 0 Å². The normalized spacial score (nSPS) is 14.6. The van der Waals surface area contributed by atoms with Crippen molar-refractivity contribution in [1.82, 2.24) is 20.4 Å². The summed E-state index contributed by atoms with van der Waals surface area (Å²) in [5.41, 5.74) is 0.505. The number of nitrogens with one attached hydrogen (secondary N) is 2. The number of guanidine groups is 1. The second kappa shape index (κ2) is 9.16. The van der Waals surface area contributed by atoms with Crippen molar-refractivity contribution in [2.75, 3.05) is 19.6 Å². The molecule has 1 aromatic carbocycles. The third-order valence-corrected chi connectivity index (χ3v) is 5.34. The number of rotatable bonds is 7. The molecule has 0 radical (unpaired) electrons. The van der Waals surface area contributed by atoms with Crippen molar-refractivity contribution in [2.24, 2.45) is 12.0 Å². The highest BCUT2D eigenvalue weighted by Crippen LogP contribution is 2.30. The van der Waals surface area contributed by atoms with E-state index in [0.717, 1.165) is 11.1 Å². The smallest absolute Gasteiger partial charge is 0.191 e. The van der Waals surface area contributed by atoms with Crippen molar-refractivity contribution < 1.29 is 5.11 Å². The van der Waals surface area contributed by atoms with Crippen molar-refractivity contribution in [3.63, 3.8) is 0 Å². The molecule has 28 heavy (non-hydrogen) atoms. The molecule has 2 rings (SSSR count). The van der Waals surface area contributed by atoms with E-state index < -0.39 is 5.60 Å². The highest BCUT2D eigenvalue weighted by molar-refractivity contribution is 6.42. The maximum atomic E-state index is 10.8. The summed E-state index contributed by atoms with van der Waals surface area (Å²) in [6.45, 7) is 9.51. The van der Waals surface area contributed by atoms with Gasteiger partial charge in [0.15, 0.2) is 5.96 Å². The van der Waals surface area contributed by atoms with Gasteiger partial charge in [-0.1, -0.05) is 43.1 Å². The summed E-state index contributed by atoms with van der Waals surface area (Å²) < 4.78 is 1.67. The molecule has 1 unspecified atom stereocenters. The molecular formula is C20H29Cl2N5O. The molecular weight excluding hydrogens is 397 g/mol. The topological polar surface area (TPSA) is 74.5 Å². The van der Waals surface area contributed by atoms with Gasteiger partial charge in [0.05, 0.1) is 29.3 Å². The molecule has 1 aromatic heterocycles. The third kappa shape index (κ3) is 5.87. The van der Waals surface area contributed by atoms with Gasteiger partial charge in [0.2, 0.25) is 0 Å². The first kappa shape index (κ1) is 22.5. The van der Waals surface area contributed by atoms with Gasteiger partial charge < -0.3 is 15.7 Å². The minimum atomic E-state index is -1.07. The van der Waals surface area contributed by atoms with Crippen LogP contribution in [0.15, 0.2) is 35.6 Å². The van der Waals surface area contributed by atoms with Gasteiger partial charge in [-0.15, -0.1) is 0 Å². The van der Waals surface area contributed by atoms with Crippen LogP contribution in [0.3, 0.4) is 0 Å². The van der Waals surface area contributed by atoms with E-state index in [2.05, 4.69) is 29.6 Å². The van der Waals surface area contributed by atoms with Gasteiger partial charge in [-0.05, 0) is 31.5 Å². The SMILES string of the molecule is CCNC(=NCC(C)(C)c1ccc(Cl)c(Cl)c1)NCC(C)(O)c1cnn(C)c1. The van der Waals surface area contributed by atoms with Crippen LogP contribution in [-0.4, -0.2) is 40.5 Å². The van der Waals surface area contributed by atoms with Gasteiger partial charge in [-0.25, -0.2) is 0 Å². The zero-order valence-electron chi connectivity index (χ0n) is 17.1. The zero-order valence-corrected chi connectivity index (χ0v) is 18.6. The average Bonchev–Trinajstić information content (AvgIpc) is 3.07. The Hall–Kier alpha value is -1.76. The van der Waals surface area contributed by atoms with E-state index in [0.29, 0.717) is 35.6 Å². The fourth-order valence-corrected chi connectivity index (χ4v) is 2.98. The first-order valence-electron chi connectivity index (χ1n) is 9.24. The number of hydrogen-bond acceptors (Lipinski definition) is 3. The second-order valence-electron chi connectivity index (χ2n) is 7.74. The largest absolute Gasteiger partial charge is 0.383 e. The van der Waals surface area contributed by atoms with E-state index in [1.807, 2.05) is 26.1 Å². The van der Waals surface area contributed by atoms with Crippen LogP contribution in [0.1, 0.15) is 38.8 Å². The van der Waals surface area contributed by atoms with E-state index in [4.69, 9.17) is 28.2 Å². The van der Waals surface area contributed by atoms with Crippen LogP contribution >= 0.6 is 23.2 Å². The Bertz CT molecular complexity index is 830. The van der Waals surface area contributed by atoms with Crippen molar-refractivity contribution >= 4 is 29.2 Å². The number of nitrogens with zero attached hydrogens (tertiary/aromatic N) is 3. The molecule has 154 valence electrons. The third-order valence-electron chi connectivity index (χ3n) is 4.60. The maximum Gasteiger partial charge on any atom is 0.191 e. The second-order valence-corrected chi connectivity index (χ2v) is 8.55. The van der Waals surface area contributed by atoms with Crippen LogP contribution in [0.4, 0.5) is 0 Å². The molecule has 1 heterocycles. The van der Waals surface area contributed by atoms with E-state index in [-0.39, 0.29) is 5.41 Å². The van der Waals surface area contributed by atoms with Crippen molar-refractivity contribution in [2.45, 2.75) is 38.7 Å². The van der Waals surface area contributed by atoms with Crippen LogP contribution in [0.5, 0.6) is 0 Å². The lowest BCUT2D eigenvalue weighted by Crippen LogP contribution is -2.45. The standard InChI is InChI=1S/C20H29Cl2N5O/c1-6-23-18(25-13-20(4,28)15-10-26-27(5)11-15)24-12-19(2,3)14-7-8-16(21)17(22)9-14/h7-11,28H,6,12-13H2,1-5H3,(H2,23,24,25). The Labute approximate surface area is 177 Å². The molecule has 2 aromatic rings. The molecule has 0 aliphatic carbocycles. The van der Waals surface area contributed by atoms with E-state index in [1.165, 1.54) is 0 Å². The summed E-state index contributed by atoms with van der Waals surface area (Å²) in [6.07, 6.45) is 3.47. The Morgan fingerprint density at radius 1 is 1.18 bits per heavy atom. The van der Waals surface area contributed by atoms with Gasteiger partial charge in [-0.2, -0.15) is 5.10 Å². The average molecular weight is 426 g/mol. The maximum absolute atomic E-state index is 10.8. The van der Waals surface area contributed by atoms with Crippen molar-refractivity contribution in [1.29, 1.82) is 0 Å². The van der Waals surface area contributed by atoms with Crippen LogP contribution in [0.2, 0.25) is 10.0 Å². The summed E-state index contributed by atoms with van der Waals surface area (Å²) in [5.74, 6) is 0.639. The van der Waals surface area contributed by atoms with E-state index >= 15 is 0 Å². The summed E-state index contributed by atoms with van der Waals surface area (Å²) in [4.78, 5) is 4.70. The van der Waals surface area contributed by atoms with E-state index in [9.17, 15) is 5.11 Å². The summed E-state index contributed by atoms with van der Waals surface area (Å²) in [7, 11) is 1.82. The van der Waals surface area contributed by atoms with Gasteiger partial charge in [0.25, 0.3) is 0 Å². The molecule has 0 bridgehead atoms. The number of halogens is 2. The van der Waals surface area contributed by atoms with Gasteiger partial charge in [-0.3, -0.25) is 9.67 Å². The first-order valence-corrected chi connectivity index (χ1v) is 10.00. The number of benzene rings is 1. The summed E-state index contributed by atoms with van der Waals surface area (Å²) in [5, 5.41) is 22.4. The molecule has 0 aliphatic rings. The molecule has 1 atom stereocenters. The first-order chi connectivity index (χ1) is 13.0. The lowest BCUT2D eigenvalue weighted by atomic mass is 9.85. The molecule has 8 heteroatoms. The predicted octanol–water partition coefficient (Wildman–Crippen LogP) is 3.47. The molecule has 0 aliphatic heterocycles. The number of aryl methyl sites for hydroxylation is 1. The van der Waals surface area contributed by atoms with Gasteiger partial charge in [0, 0.05) is 30.8 Å². The lowest BCUT2D eigenvalue weighted by Gasteiger charge is -2.26. The van der Waals surface area contributed by atoms with Gasteiger partial charge in [0.1, 0.15) is 5.60 Å². The van der Waals surface area contributed by atoms with E-state index in [1.54, 1.807) is 30.1 Å². The Morgan fingerprint density at radius 3 is 2.46 bits per heavy atom. The summed E-state index contributed by atoms with van der Waals surface area (Å²) in [6, 6.07) is 5.66. The van der Waals surface area contributed by atoms with Crippen LogP contribution in [0.25, 0.3) is 0 Å². The quantitative estimate of drug-likeness (QED) is 0.468. The fraction of sp³-hybridized carbons (Fsp3) is 0.500. The van der Waals surface area contributed by atoms with Crippen LogP contribution < -0.4 is 10.6 Å². The number of hydrogen-bond donors (Lipinski definition) is 3. The molecule has 0 fully saturated rings. The number of aromatic nitrogens is 2. The molecule has 0 amide bonds. The fourth-order valence-electron chi connectivity index (χ4n) is 2.68.